The van der Waals surface area contributed by atoms with Crippen LogP contribution in [0.4, 0.5) is 11.5 Å². The lowest BCUT2D eigenvalue weighted by Crippen LogP contribution is -2.25. The molecule has 3 aromatic rings. The van der Waals surface area contributed by atoms with Gasteiger partial charge in [0.2, 0.25) is 0 Å². The van der Waals surface area contributed by atoms with Crippen LogP contribution in [0.1, 0.15) is 22.0 Å². The van der Waals surface area contributed by atoms with Crippen LogP contribution < -0.4 is 15.4 Å². The summed E-state index contributed by atoms with van der Waals surface area (Å²) in [5.41, 5.74) is 1.67. The molecule has 4 rings (SSSR count). The lowest BCUT2D eigenvalue weighted by Gasteiger charge is -2.24. The summed E-state index contributed by atoms with van der Waals surface area (Å²) in [6, 6.07) is 15.8. The van der Waals surface area contributed by atoms with Gasteiger partial charge in [0.15, 0.2) is 0 Å². The minimum Gasteiger partial charge on any atom is -0.497 e. The number of benzene rings is 2. The number of methoxy groups -OCH3 is 1. The normalized spacial score (nSPS) is 14.9. The molecule has 1 aromatic heterocycles. The molecule has 1 atom stereocenters. The van der Waals surface area contributed by atoms with E-state index in [-0.39, 0.29) is 17.2 Å². The quantitative estimate of drug-likeness (QED) is 0.618. The third kappa shape index (κ3) is 3.55. The summed E-state index contributed by atoms with van der Waals surface area (Å²) in [6.07, 6.45) is 2.98. The first kappa shape index (κ1) is 18.3. The molecule has 8 nitrogen and oxygen atoms in total. The number of para-hydroxylation sites is 1. The van der Waals surface area contributed by atoms with Crippen LogP contribution in [0.15, 0.2) is 72.6 Å². The summed E-state index contributed by atoms with van der Waals surface area (Å²) in [6.45, 7) is 0. The van der Waals surface area contributed by atoms with E-state index in [0.29, 0.717) is 17.3 Å². The van der Waals surface area contributed by atoms with Gasteiger partial charge < -0.3 is 20.5 Å². The van der Waals surface area contributed by atoms with E-state index in [4.69, 9.17) is 4.74 Å². The first-order chi connectivity index (χ1) is 14.1. The van der Waals surface area contributed by atoms with Gasteiger partial charge in [-0.1, -0.05) is 30.3 Å². The molecule has 2 aromatic carbocycles. The molecule has 146 valence electrons. The predicted molar refractivity (Wildman–Crippen MR) is 107 cm³/mol. The van der Waals surface area contributed by atoms with Gasteiger partial charge >= 0.3 is 5.97 Å². The molecule has 8 heteroatoms. The van der Waals surface area contributed by atoms with E-state index in [1.54, 1.807) is 42.1 Å². The minimum atomic E-state index is -1.12. The van der Waals surface area contributed by atoms with Crippen molar-refractivity contribution in [1.29, 1.82) is 0 Å². The number of carboxylic acids is 1. The number of amides is 1. The molecule has 0 saturated heterocycles. The van der Waals surface area contributed by atoms with Crippen LogP contribution in [0, 0.1) is 0 Å². The Bertz CT molecular complexity index is 1090. The highest BCUT2D eigenvalue weighted by atomic mass is 16.5. The number of aromatic nitrogens is 2. The van der Waals surface area contributed by atoms with Crippen molar-refractivity contribution >= 4 is 23.4 Å². The molecular weight excluding hydrogens is 372 g/mol. The number of anilines is 2. The zero-order valence-electron chi connectivity index (χ0n) is 15.5. The fraction of sp³-hybridized carbons (Fsp3) is 0.0952. The van der Waals surface area contributed by atoms with Crippen molar-refractivity contribution in [2.24, 2.45) is 0 Å². The standard InChI is InChI=1S/C21H18N4O4/c1-29-15-9-7-13(8-10-15)18-11-17(21(27)28)24-19-16(12-22-25(18)19)20(26)23-14-5-3-2-4-6-14/h2-12,18,24H,1H3,(H,23,26)(H,27,28)/t18-/m0/s1. The number of rotatable bonds is 5. The molecule has 0 fully saturated rings. The third-order valence-electron chi connectivity index (χ3n) is 4.60. The Labute approximate surface area is 166 Å². The van der Waals surface area contributed by atoms with E-state index >= 15 is 0 Å². The Kier molecular flexibility index (Phi) is 4.74. The molecule has 1 aliphatic rings. The predicted octanol–water partition coefficient (Wildman–Crippen LogP) is 3.13. The average molecular weight is 390 g/mol. The van der Waals surface area contributed by atoms with Gasteiger partial charge in [-0.25, -0.2) is 9.48 Å². The number of nitrogens with zero attached hydrogens (tertiary/aromatic N) is 2. The van der Waals surface area contributed by atoms with Crippen molar-refractivity contribution in [3.8, 4) is 5.75 Å². The zero-order chi connectivity index (χ0) is 20.4. The van der Waals surface area contributed by atoms with Gasteiger partial charge in [0, 0.05) is 5.69 Å². The molecule has 0 aliphatic carbocycles. The first-order valence-electron chi connectivity index (χ1n) is 8.87. The summed E-state index contributed by atoms with van der Waals surface area (Å²) in [5.74, 6) is -0.497. The Morgan fingerprint density at radius 2 is 1.86 bits per heavy atom. The van der Waals surface area contributed by atoms with Crippen molar-refractivity contribution in [2.75, 3.05) is 17.7 Å². The smallest absolute Gasteiger partial charge is 0.352 e. The number of carbonyl (C=O) groups is 2. The number of carboxylic acid groups (broad SMARTS) is 1. The maximum atomic E-state index is 12.8. The molecule has 1 amide bonds. The number of hydrogen-bond acceptors (Lipinski definition) is 5. The number of ether oxygens (including phenoxy) is 1. The number of aliphatic carboxylic acids is 1. The van der Waals surface area contributed by atoms with Crippen LogP contribution in [0.5, 0.6) is 5.75 Å². The van der Waals surface area contributed by atoms with E-state index in [0.717, 1.165) is 5.56 Å². The fourth-order valence-electron chi connectivity index (χ4n) is 3.14. The van der Waals surface area contributed by atoms with Crippen LogP contribution in [-0.4, -0.2) is 33.9 Å². The van der Waals surface area contributed by atoms with Gasteiger partial charge in [-0.3, -0.25) is 4.79 Å². The topological polar surface area (TPSA) is 105 Å². The van der Waals surface area contributed by atoms with Gasteiger partial charge in [0.1, 0.15) is 22.8 Å². The number of carbonyl (C=O) groups excluding carboxylic acids is 1. The maximum Gasteiger partial charge on any atom is 0.352 e. The summed E-state index contributed by atoms with van der Waals surface area (Å²) in [5, 5.41) is 19.5. The second kappa shape index (κ2) is 7.51. The van der Waals surface area contributed by atoms with E-state index in [1.165, 1.54) is 6.20 Å². The lowest BCUT2D eigenvalue weighted by molar-refractivity contribution is -0.132. The highest BCUT2D eigenvalue weighted by Gasteiger charge is 2.29. The molecule has 2 heterocycles. The molecule has 0 saturated carbocycles. The van der Waals surface area contributed by atoms with Crippen LogP contribution in [0.3, 0.4) is 0 Å². The van der Waals surface area contributed by atoms with Crippen LogP contribution in [-0.2, 0) is 4.79 Å². The number of allylic oxidation sites excluding steroid dienone is 1. The van der Waals surface area contributed by atoms with Gasteiger partial charge in [-0.15, -0.1) is 0 Å². The maximum absolute atomic E-state index is 12.8. The Balaban J connectivity index is 1.71. The summed E-state index contributed by atoms with van der Waals surface area (Å²) in [7, 11) is 1.57. The minimum absolute atomic E-state index is 0.0208. The Hall–Kier alpha value is -4.07. The van der Waals surface area contributed by atoms with Gasteiger partial charge in [0.25, 0.3) is 5.91 Å². The van der Waals surface area contributed by atoms with Crippen molar-refractivity contribution in [1.82, 2.24) is 9.78 Å². The molecule has 1 aliphatic heterocycles. The highest BCUT2D eigenvalue weighted by molar-refractivity contribution is 6.08. The number of nitrogens with one attached hydrogen (secondary N) is 2. The van der Waals surface area contributed by atoms with E-state index in [2.05, 4.69) is 15.7 Å². The van der Waals surface area contributed by atoms with Crippen molar-refractivity contribution in [2.45, 2.75) is 6.04 Å². The van der Waals surface area contributed by atoms with Crippen LogP contribution >= 0.6 is 0 Å². The SMILES string of the molecule is COc1ccc([C@@H]2C=C(C(=O)O)Nc3c(C(=O)Nc4ccccc4)cnn32)cc1. The fourth-order valence-corrected chi connectivity index (χ4v) is 3.14. The van der Waals surface area contributed by atoms with E-state index in [9.17, 15) is 14.7 Å². The lowest BCUT2D eigenvalue weighted by atomic mass is 10.0. The molecule has 0 bridgehead atoms. The second-order valence-electron chi connectivity index (χ2n) is 6.40. The molecule has 0 radical (unpaired) electrons. The zero-order valence-corrected chi connectivity index (χ0v) is 15.5. The molecule has 3 N–H and O–H groups in total. The van der Waals surface area contributed by atoms with Gasteiger partial charge in [-0.05, 0) is 35.9 Å². The number of fused-ring (bicyclic) bond motifs is 1. The molecule has 29 heavy (non-hydrogen) atoms. The Morgan fingerprint density at radius 1 is 1.14 bits per heavy atom. The summed E-state index contributed by atoms with van der Waals surface area (Å²) < 4.78 is 6.77. The molecule has 0 spiro atoms. The monoisotopic (exact) mass is 390 g/mol. The molecular formula is C21H18N4O4. The average Bonchev–Trinajstić information content (AvgIpc) is 3.18. The van der Waals surface area contributed by atoms with Crippen molar-refractivity contribution < 1.29 is 19.4 Å². The van der Waals surface area contributed by atoms with E-state index < -0.39 is 12.0 Å². The van der Waals surface area contributed by atoms with Gasteiger partial charge in [-0.2, -0.15) is 5.10 Å². The number of hydrogen-bond donors (Lipinski definition) is 3. The van der Waals surface area contributed by atoms with Crippen LogP contribution in [0.2, 0.25) is 0 Å². The second-order valence-corrected chi connectivity index (χ2v) is 6.40. The molecule has 0 unspecified atom stereocenters. The van der Waals surface area contributed by atoms with E-state index in [1.807, 2.05) is 30.3 Å². The third-order valence-corrected chi connectivity index (χ3v) is 4.60. The van der Waals surface area contributed by atoms with Gasteiger partial charge in [0.05, 0.1) is 19.3 Å². The largest absolute Gasteiger partial charge is 0.497 e. The summed E-state index contributed by atoms with van der Waals surface area (Å²) in [4.78, 5) is 24.4. The summed E-state index contributed by atoms with van der Waals surface area (Å²) >= 11 is 0. The van der Waals surface area contributed by atoms with Crippen molar-refractivity contribution in [3.05, 3.63) is 83.7 Å². The van der Waals surface area contributed by atoms with Crippen LogP contribution in [0.25, 0.3) is 0 Å². The highest BCUT2D eigenvalue weighted by Crippen LogP contribution is 2.33. The van der Waals surface area contributed by atoms with Crippen molar-refractivity contribution in [3.63, 3.8) is 0 Å². The Morgan fingerprint density at radius 3 is 2.52 bits per heavy atom. The first-order valence-corrected chi connectivity index (χ1v) is 8.87.